The number of anilines is 2. The van der Waals surface area contributed by atoms with Crippen molar-refractivity contribution in [3.63, 3.8) is 0 Å². The summed E-state index contributed by atoms with van der Waals surface area (Å²) in [6, 6.07) is 11.1. The smallest absolute Gasteiger partial charge is 0.411 e. The predicted octanol–water partition coefficient (Wildman–Crippen LogP) is 3.92. The number of hydrogen-bond donors (Lipinski definition) is 2. The van der Waals surface area contributed by atoms with Crippen molar-refractivity contribution in [3.05, 3.63) is 53.2 Å². The van der Waals surface area contributed by atoms with E-state index in [0.717, 1.165) is 5.56 Å². The lowest BCUT2D eigenvalue weighted by molar-refractivity contribution is 0.168. The Morgan fingerprint density at radius 2 is 2.10 bits per heavy atom. The van der Waals surface area contributed by atoms with Gasteiger partial charge in [-0.25, -0.2) is 9.78 Å². The summed E-state index contributed by atoms with van der Waals surface area (Å²) in [6.45, 7) is 2.66. The summed E-state index contributed by atoms with van der Waals surface area (Å²) in [5, 5.41) is 6.46. The molecule has 110 valence electrons. The van der Waals surface area contributed by atoms with Gasteiger partial charge in [-0.2, -0.15) is 0 Å². The van der Waals surface area contributed by atoms with Crippen LogP contribution in [0.2, 0.25) is 5.02 Å². The minimum absolute atomic E-state index is 0.330. The Kier molecular flexibility index (Phi) is 5.40. The van der Waals surface area contributed by atoms with Crippen molar-refractivity contribution in [1.82, 2.24) is 4.98 Å². The third kappa shape index (κ3) is 4.65. The Morgan fingerprint density at radius 3 is 2.76 bits per heavy atom. The molecule has 0 saturated heterocycles. The fourth-order valence-electron chi connectivity index (χ4n) is 1.68. The molecule has 1 amide bonds. The lowest BCUT2D eigenvalue weighted by Gasteiger charge is -2.08. The van der Waals surface area contributed by atoms with E-state index in [1.54, 1.807) is 25.3 Å². The number of ether oxygens (including phenoxy) is 1. The van der Waals surface area contributed by atoms with Crippen molar-refractivity contribution in [3.8, 4) is 0 Å². The van der Waals surface area contributed by atoms with Crippen LogP contribution in [-0.2, 0) is 11.3 Å². The molecule has 2 N–H and O–H groups in total. The van der Waals surface area contributed by atoms with E-state index in [4.69, 9.17) is 16.3 Å². The van der Waals surface area contributed by atoms with Gasteiger partial charge >= 0.3 is 6.09 Å². The fourth-order valence-corrected chi connectivity index (χ4v) is 1.89. The van der Waals surface area contributed by atoms with Crippen LogP contribution in [0, 0.1) is 0 Å². The summed E-state index contributed by atoms with van der Waals surface area (Å²) in [5.74, 6) is 0.698. The maximum Gasteiger partial charge on any atom is 0.411 e. The van der Waals surface area contributed by atoms with Crippen LogP contribution in [0.5, 0.6) is 0 Å². The van der Waals surface area contributed by atoms with Gasteiger partial charge in [0.15, 0.2) is 0 Å². The number of nitrogens with one attached hydrogen (secondary N) is 2. The molecule has 0 spiro atoms. The van der Waals surface area contributed by atoms with E-state index >= 15 is 0 Å². The molecular weight excluding hydrogens is 290 g/mol. The van der Waals surface area contributed by atoms with Crippen LogP contribution >= 0.6 is 11.6 Å². The molecule has 0 saturated carbocycles. The topological polar surface area (TPSA) is 63.2 Å². The molecule has 2 aromatic rings. The second-order valence-corrected chi connectivity index (χ2v) is 4.63. The van der Waals surface area contributed by atoms with Crippen LogP contribution < -0.4 is 10.6 Å². The zero-order valence-corrected chi connectivity index (χ0v) is 12.4. The maximum atomic E-state index is 11.3. The van der Waals surface area contributed by atoms with Gasteiger partial charge < -0.3 is 10.1 Å². The summed E-state index contributed by atoms with van der Waals surface area (Å²) in [4.78, 5) is 15.5. The number of rotatable bonds is 5. The first-order valence-corrected chi connectivity index (χ1v) is 6.94. The minimum atomic E-state index is -0.490. The molecule has 0 aliphatic carbocycles. The third-order valence-corrected chi connectivity index (χ3v) is 3.07. The van der Waals surface area contributed by atoms with Gasteiger partial charge in [-0.15, -0.1) is 0 Å². The fraction of sp³-hybridized carbons (Fsp3) is 0.200. The Bertz CT molecular complexity index is 602. The molecule has 0 aliphatic rings. The first-order chi connectivity index (χ1) is 10.2. The highest BCUT2D eigenvalue weighted by Crippen LogP contribution is 2.17. The number of benzene rings is 1. The van der Waals surface area contributed by atoms with Gasteiger partial charge in [0.1, 0.15) is 5.82 Å². The second-order valence-electron chi connectivity index (χ2n) is 4.22. The van der Waals surface area contributed by atoms with Gasteiger partial charge in [0.2, 0.25) is 0 Å². The molecule has 6 heteroatoms. The Hall–Kier alpha value is -2.27. The summed E-state index contributed by atoms with van der Waals surface area (Å²) >= 11 is 6.08. The lowest BCUT2D eigenvalue weighted by atomic mass is 10.2. The minimum Gasteiger partial charge on any atom is -0.450 e. The van der Waals surface area contributed by atoms with Gasteiger partial charge in [0.25, 0.3) is 0 Å². The standard InChI is InChI=1S/C15H16ClN3O2/c1-2-21-15(20)19-12-7-8-14(18-10-12)17-9-11-5-3-4-6-13(11)16/h3-8,10H,2,9H2,1H3,(H,17,18)(H,19,20). The number of halogens is 1. The maximum absolute atomic E-state index is 11.3. The Labute approximate surface area is 128 Å². The number of amides is 1. The molecule has 0 unspecified atom stereocenters. The Morgan fingerprint density at radius 1 is 1.29 bits per heavy atom. The molecule has 1 heterocycles. The van der Waals surface area contributed by atoms with E-state index in [1.807, 2.05) is 24.3 Å². The first-order valence-electron chi connectivity index (χ1n) is 6.56. The SMILES string of the molecule is CCOC(=O)Nc1ccc(NCc2ccccc2Cl)nc1. The van der Waals surface area contributed by atoms with E-state index in [-0.39, 0.29) is 0 Å². The highest BCUT2D eigenvalue weighted by Gasteiger charge is 2.03. The molecule has 0 radical (unpaired) electrons. The molecule has 21 heavy (non-hydrogen) atoms. The average Bonchev–Trinajstić information content (AvgIpc) is 2.48. The van der Waals surface area contributed by atoms with Gasteiger partial charge in [-0.05, 0) is 30.7 Å². The molecule has 0 bridgehead atoms. The first kappa shape index (κ1) is 15.1. The normalized spacial score (nSPS) is 10.0. The van der Waals surface area contributed by atoms with Crippen molar-refractivity contribution in [1.29, 1.82) is 0 Å². The molecular formula is C15H16ClN3O2. The van der Waals surface area contributed by atoms with Crippen molar-refractivity contribution in [2.45, 2.75) is 13.5 Å². The van der Waals surface area contributed by atoms with E-state index < -0.39 is 6.09 Å². The molecule has 0 atom stereocenters. The van der Waals surface area contributed by atoms with Crippen molar-refractivity contribution < 1.29 is 9.53 Å². The molecule has 5 nitrogen and oxygen atoms in total. The van der Waals surface area contributed by atoms with Crippen LogP contribution in [-0.4, -0.2) is 17.7 Å². The van der Waals surface area contributed by atoms with Crippen LogP contribution in [0.25, 0.3) is 0 Å². The highest BCUT2D eigenvalue weighted by molar-refractivity contribution is 6.31. The Balaban J connectivity index is 1.91. The molecule has 2 rings (SSSR count). The van der Waals surface area contributed by atoms with Crippen molar-refractivity contribution in [2.24, 2.45) is 0 Å². The summed E-state index contributed by atoms with van der Waals surface area (Å²) in [6.07, 6.45) is 1.07. The van der Waals surface area contributed by atoms with Crippen molar-refractivity contribution >= 4 is 29.2 Å². The number of nitrogens with zero attached hydrogens (tertiary/aromatic N) is 1. The average molecular weight is 306 g/mol. The quantitative estimate of drug-likeness (QED) is 0.879. The van der Waals surface area contributed by atoms with Crippen LogP contribution in [0.15, 0.2) is 42.6 Å². The molecule has 0 fully saturated rings. The zero-order chi connectivity index (χ0) is 15.1. The van der Waals surface area contributed by atoms with Gasteiger partial charge in [-0.1, -0.05) is 29.8 Å². The number of pyridine rings is 1. The van der Waals surface area contributed by atoms with Crippen LogP contribution in [0.1, 0.15) is 12.5 Å². The van der Waals surface area contributed by atoms with Gasteiger partial charge in [0.05, 0.1) is 18.5 Å². The van der Waals surface area contributed by atoms with E-state index in [0.29, 0.717) is 29.7 Å². The molecule has 1 aromatic heterocycles. The summed E-state index contributed by atoms with van der Waals surface area (Å²) in [7, 11) is 0. The van der Waals surface area contributed by atoms with Crippen LogP contribution in [0.4, 0.5) is 16.3 Å². The number of carbonyl (C=O) groups is 1. The van der Waals surface area contributed by atoms with Crippen molar-refractivity contribution in [2.75, 3.05) is 17.2 Å². The monoisotopic (exact) mass is 305 g/mol. The largest absolute Gasteiger partial charge is 0.450 e. The number of aromatic nitrogens is 1. The lowest BCUT2D eigenvalue weighted by Crippen LogP contribution is -2.13. The van der Waals surface area contributed by atoms with E-state index in [1.165, 1.54) is 0 Å². The van der Waals surface area contributed by atoms with Crippen LogP contribution in [0.3, 0.4) is 0 Å². The number of carbonyl (C=O) groups excluding carboxylic acids is 1. The summed E-state index contributed by atoms with van der Waals surface area (Å²) in [5.41, 5.74) is 1.58. The van der Waals surface area contributed by atoms with E-state index in [2.05, 4.69) is 15.6 Å². The molecule has 1 aromatic carbocycles. The van der Waals surface area contributed by atoms with Gasteiger partial charge in [-0.3, -0.25) is 5.32 Å². The summed E-state index contributed by atoms with van der Waals surface area (Å²) < 4.78 is 4.79. The third-order valence-electron chi connectivity index (χ3n) is 2.70. The second kappa shape index (κ2) is 7.50. The predicted molar refractivity (Wildman–Crippen MR) is 83.7 cm³/mol. The highest BCUT2D eigenvalue weighted by atomic mass is 35.5. The van der Waals surface area contributed by atoms with Gasteiger partial charge in [0, 0.05) is 11.6 Å². The number of hydrogen-bond acceptors (Lipinski definition) is 4. The zero-order valence-electron chi connectivity index (χ0n) is 11.6. The van der Waals surface area contributed by atoms with E-state index in [9.17, 15) is 4.79 Å². The molecule has 0 aliphatic heterocycles.